The molecule has 0 aliphatic heterocycles. The lowest BCUT2D eigenvalue weighted by Gasteiger charge is -2.06. The SMILES string of the molecule is Cc1cc(F)c(C(=O)C2CC2(C)C)cc1F. The van der Waals surface area contributed by atoms with Crippen LogP contribution in [0.3, 0.4) is 0 Å². The van der Waals surface area contributed by atoms with Crippen LogP contribution in [-0.4, -0.2) is 5.78 Å². The molecule has 1 atom stereocenters. The van der Waals surface area contributed by atoms with Crippen molar-refractivity contribution in [2.45, 2.75) is 27.2 Å². The molecule has 86 valence electrons. The number of ketones is 1. The maximum atomic E-state index is 13.5. The van der Waals surface area contributed by atoms with Crippen LogP contribution in [0.1, 0.15) is 36.2 Å². The second-order valence-corrected chi connectivity index (χ2v) is 5.19. The summed E-state index contributed by atoms with van der Waals surface area (Å²) in [6.07, 6.45) is 0.751. The van der Waals surface area contributed by atoms with Gasteiger partial charge in [0.05, 0.1) is 5.56 Å². The number of hydrogen-bond donors (Lipinski definition) is 0. The Bertz CT molecular complexity index is 463. The minimum Gasteiger partial charge on any atom is -0.294 e. The largest absolute Gasteiger partial charge is 0.294 e. The Labute approximate surface area is 93.5 Å². The molecule has 0 radical (unpaired) electrons. The summed E-state index contributed by atoms with van der Waals surface area (Å²) in [4.78, 5) is 11.9. The first-order chi connectivity index (χ1) is 7.33. The molecule has 1 unspecified atom stereocenters. The van der Waals surface area contributed by atoms with Gasteiger partial charge in [0, 0.05) is 5.92 Å². The third-order valence-corrected chi connectivity index (χ3v) is 3.34. The fourth-order valence-corrected chi connectivity index (χ4v) is 1.94. The Morgan fingerprint density at radius 2 is 1.88 bits per heavy atom. The predicted octanol–water partition coefficient (Wildman–Crippen LogP) is 3.50. The van der Waals surface area contributed by atoms with Crippen LogP contribution in [0.4, 0.5) is 8.78 Å². The standard InChI is InChI=1S/C13H14F2O/c1-7-4-11(15)8(5-10(7)14)12(16)9-6-13(9,2)3/h4-5,9H,6H2,1-3H3. The second kappa shape index (κ2) is 3.37. The van der Waals surface area contributed by atoms with Gasteiger partial charge in [-0.3, -0.25) is 4.79 Å². The third-order valence-electron chi connectivity index (χ3n) is 3.34. The van der Waals surface area contributed by atoms with Crippen molar-refractivity contribution < 1.29 is 13.6 Å². The van der Waals surface area contributed by atoms with Crippen molar-refractivity contribution in [2.24, 2.45) is 11.3 Å². The number of benzene rings is 1. The Morgan fingerprint density at radius 3 is 2.38 bits per heavy atom. The van der Waals surface area contributed by atoms with Crippen LogP contribution in [-0.2, 0) is 0 Å². The molecule has 0 amide bonds. The summed E-state index contributed by atoms with van der Waals surface area (Å²) in [5.74, 6) is -1.58. The van der Waals surface area contributed by atoms with Crippen molar-refractivity contribution in [3.05, 3.63) is 34.9 Å². The molecular weight excluding hydrogens is 210 g/mol. The minimum absolute atomic E-state index is 0.0646. The average Bonchev–Trinajstić information content (AvgIpc) is 2.80. The molecular formula is C13H14F2O. The fraction of sp³-hybridized carbons (Fsp3) is 0.462. The van der Waals surface area contributed by atoms with E-state index in [0.29, 0.717) is 0 Å². The van der Waals surface area contributed by atoms with Crippen LogP contribution in [0.15, 0.2) is 12.1 Å². The van der Waals surface area contributed by atoms with Gasteiger partial charge in [0.15, 0.2) is 5.78 Å². The van der Waals surface area contributed by atoms with Crippen molar-refractivity contribution in [2.75, 3.05) is 0 Å². The van der Waals surface area contributed by atoms with Gasteiger partial charge in [0.1, 0.15) is 11.6 Å². The monoisotopic (exact) mass is 224 g/mol. The molecule has 1 saturated carbocycles. The molecule has 3 heteroatoms. The Kier molecular flexibility index (Phi) is 2.37. The maximum Gasteiger partial charge on any atom is 0.169 e. The molecule has 0 bridgehead atoms. The van der Waals surface area contributed by atoms with Crippen molar-refractivity contribution >= 4 is 5.78 Å². The van der Waals surface area contributed by atoms with Crippen LogP contribution in [0.5, 0.6) is 0 Å². The first kappa shape index (κ1) is 11.2. The van der Waals surface area contributed by atoms with Gasteiger partial charge >= 0.3 is 0 Å². The molecule has 2 rings (SSSR count). The van der Waals surface area contributed by atoms with E-state index in [-0.39, 0.29) is 28.2 Å². The normalized spacial score (nSPS) is 21.9. The maximum absolute atomic E-state index is 13.5. The van der Waals surface area contributed by atoms with Crippen molar-refractivity contribution in [3.8, 4) is 0 Å². The van der Waals surface area contributed by atoms with E-state index in [0.717, 1.165) is 18.6 Å². The van der Waals surface area contributed by atoms with Crippen LogP contribution in [0.25, 0.3) is 0 Å². The molecule has 0 saturated heterocycles. The lowest BCUT2D eigenvalue weighted by Crippen LogP contribution is -2.09. The van der Waals surface area contributed by atoms with Gasteiger partial charge in [0.2, 0.25) is 0 Å². The zero-order valence-corrected chi connectivity index (χ0v) is 9.60. The topological polar surface area (TPSA) is 17.1 Å². The molecule has 1 nitrogen and oxygen atoms in total. The second-order valence-electron chi connectivity index (χ2n) is 5.19. The summed E-state index contributed by atoms with van der Waals surface area (Å²) < 4.78 is 26.8. The van der Waals surface area contributed by atoms with E-state index in [1.54, 1.807) is 0 Å². The van der Waals surface area contributed by atoms with Gasteiger partial charge in [-0.25, -0.2) is 8.78 Å². The lowest BCUT2D eigenvalue weighted by atomic mass is 9.99. The van der Waals surface area contributed by atoms with Crippen molar-refractivity contribution in [3.63, 3.8) is 0 Å². The van der Waals surface area contributed by atoms with E-state index in [9.17, 15) is 13.6 Å². The molecule has 1 aliphatic carbocycles. The molecule has 1 aromatic carbocycles. The number of rotatable bonds is 2. The van der Waals surface area contributed by atoms with E-state index in [1.165, 1.54) is 6.92 Å². The first-order valence-electron chi connectivity index (χ1n) is 5.33. The summed E-state index contributed by atoms with van der Waals surface area (Å²) in [5.41, 5.74) is 0.0491. The Balaban J connectivity index is 2.35. The van der Waals surface area contributed by atoms with E-state index in [1.807, 2.05) is 13.8 Å². The van der Waals surface area contributed by atoms with E-state index < -0.39 is 11.6 Å². The summed E-state index contributed by atoms with van der Waals surface area (Å²) in [6, 6.07) is 2.10. The molecule has 1 aromatic rings. The van der Waals surface area contributed by atoms with Crippen LogP contribution in [0, 0.1) is 29.9 Å². The van der Waals surface area contributed by atoms with Gasteiger partial charge < -0.3 is 0 Å². The number of aryl methyl sites for hydroxylation is 1. The zero-order chi connectivity index (χ0) is 12.1. The third kappa shape index (κ3) is 1.75. The summed E-state index contributed by atoms with van der Waals surface area (Å²) >= 11 is 0. The van der Waals surface area contributed by atoms with Gasteiger partial charge in [0.25, 0.3) is 0 Å². The number of halogens is 2. The minimum atomic E-state index is -0.619. The van der Waals surface area contributed by atoms with E-state index >= 15 is 0 Å². The van der Waals surface area contributed by atoms with Gasteiger partial charge in [-0.2, -0.15) is 0 Å². The number of hydrogen-bond acceptors (Lipinski definition) is 1. The van der Waals surface area contributed by atoms with Crippen LogP contribution >= 0.6 is 0 Å². The highest BCUT2D eigenvalue weighted by Gasteiger charge is 2.51. The molecule has 0 aromatic heterocycles. The summed E-state index contributed by atoms with van der Waals surface area (Å²) in [5, 5.41) is 0. The van der Waals surface area contributed by atoms with Crippen LogP contribution < -0.4 is 0 Å². The van der Waals surface area contributed by atoms with Gasteiger partial charge in [-0.15, -0.1) is 0 Å². The quantitative estimate of drug-likeness (QED) is 0.702. The summed E-state index contributed by atoms with van der Waals surface area (Å²) in [6.45, 7) is 5.39. The fourth-order valence-electron chi connectivity index (χ4n) is 1.94. The first-order valence-corrected chi connectivity index (χ1v) is 5.33. The highest BCUT2D eigenvalue weighted by atomic mass is 19.1. The van der Waals surface area contributed by atoms with E-state index in [2.05, 4.69) is 0 Å². The van der Waals surface area contributed by atoms with Crippen molar-refractivity contribution in [1.29, 1.82) is 0 Å². The Hall–Kier alpha value is -1.25. The van der Waals surface area contributed by atoms with Gasteiger partial charge in [-0.1, -0.05) is 13.8 Å². The van der Waals surface area contributed by atoms with Crippen LogP contribution in [0.2, 0.25) is 0 Å². The highest BCUT2D eigenvalue weighted by molar-refractivity contribution is 6.00. The molecule has 0 heterocycles. The lowest BCUT2D eigenvalue weighted by molar-refractivity contribution is 0.0948. The molecule has 1 aliphatic rings. The highest BCUT2D eigenvalue weighted by Crippen LogP contribution is 2.53. The Morgan fingerprint density at radius 1 is 1.31 bits per heavy atom. The molecule has 16 heavy (non-hydrogen) atoms. The molecule has 1 fully saturated rings. The molecule has 0 spiro atoms. The zero-order valence-electron chi connectivity index (χ0n) is 9.60. The number of Topliss-reactive ketones (excluding diaryl/α,β-unsaturated/α-hetero) is 1. The smallest absolute Gasteiger partial charge is 0.169 e. The number of carbonyl (C=O) groups is 1. The van der Waals surface area contributed by atoms with Crippen molar-refractivity contribution in [1.82, 2.24) is 0 Å². The number of carbonyl (C=O) groups excluding carboxylic acids is 1. The predicted molar refractivity (Wildman–Crippen MR) is 57.3 cm³/mol. The average molecular weight is 224 g/mol. The van der Waals surface area contributed by atoms with Gasteiger partial charge in [-0.05, 0) is 36.5 Å². The summed E-state index contributed by atoms with van der Waals surface area (Å²) in [7, 11) is 0. The molecule has 0 N–H and O–H groups in total. The van der Waals surface area contributed by atoms with E-state index in [4.69, 9.17) is 0 Å².